The van der Waals surface area contributed by atoms with Crippen molar-refractivity contribution in [3.8, 4) is 0 Å². The van der Waals surface area contributed by atoms with Crippen molar-refractivity contribution < 1.29 is 9.47 Å². The second-order valence-corrected chi connectivity index (χ2v) is 5.40. The molecule has 0 aliphatic carbocycles. The molecule has 2 atom stereocenters. The molecule has 4 nitrogen and oxygen atoms in total. The summed E-state index contributed by atoms with van der Waals surface area (Å²) in [6, 6.07) is 0.314. The van der Waals surface area contributed by atoms with Crippen molar-refractivity contribution in [3.63, 3.8) is 0 Å². The third-order valence-electron chi connectivity index (χ3n) is 3.97. The van der Waals surface area contributed by atoms with E-state index in [0.29, 0.717) is 6.04 Å². The zero-order valence-electron chi connectivity index (χ0n) is 12.4. The van der Waals surface area contributed by atoms with Gasteiger partial charge >= 0.3 is 0 Å². The van der Waals surface area contributed by atoms with Crippen LogP contribution >= 0.6 is 0 Å². The van der Waals surface area contributed by atoms with Gasteiger partial charge in [-0.15, -0.1) is 0 Å². The van der Waals surface area contributed by atoms with E-state index in [0.717, 1.165) is 58.7 Å². The van der Waals surface area contributed by atoms with Gasteiger partial charge in [0, 0.05) is 13.1 Å². The predicted octanol–water partition coefficient (Wildman–Crippen LogP) is 1.77. The first-order valence-electron chi connectivity index (χ1n) is 7.73. The second kappa shape index (κ2) is 7.88. The minimum absolute atomic E-state index is 0.258. The molecule has 0 bridgehead atoms. The van der Waals surface area contributed by atoms with Gasteiger partial charge in [0.25, 0.3) is 0 Å². The quantitative estimate of drug-likeness (QED) is 0.796. The van der Waals surface area contributed by atoms with Crippen LogP contribution in [0, 0.1) is 0 Å². The van der Waals surface area contributed by atoms with E-state index in [1.807, 2.05) is 6.26 Å². The zero-order valence-corrected chi connectivity index (χ0v) is 12.4. The Morgan fingerprint density at radius 3 is 3.00 bits per heavy atom. The molecule has 110 valence electrons. The highest BCUT2D eigenvalue weighted by Gasteiger charge is 2.30. The molecule has 0 saturated carbocycles. The Morgan fingerprint density at radius 2 is 2.32 bits per heavy atom. The molecule has 0 radical (unpaired) electrons. The molecule has 2 aliphatic heterocycles. The fraction of sp³-hybridized carbons (Fsp3) is 0.867. The van der Waals surface area contributed by atoms with E-state index in [1.165, 1.54) is 5.57 Å². The van der Waals surface area contributed by atoms with E-state index in [-0.39, 0.29) is 6.10 Å². The Hall–Kier alpha value is -0.580. The Balaban J connectivity index is 2.01. The number of morpholine rings is 1. The third kappa shape index (κ3) is 4.20. The van der Waals surface area contributed by atoms with Crippen LogP contribution in [0.25, 0.3) is 0 Å². The van der Waals surface area contributed by atoms with Crippen molar-refractivity contribution in [2.75, 3.05) is 39.4 Å². The average molecular weight is 268 g/mol. The van der Waals surface area contributed by atoms with Crippen molar-refractivity contribution in [2.24, 2.45) is 0 Å². The molecular weight excluding hydrogens is 240 g/mol. The lowest BCUT2D eigenvalue weighted by Gasteiger charge is -2.38. The average Bonchev–Trinajstić information content (AvgIpc) is 2.49. The number of ether oxygens (including phenoxy) is 2. The number of nitrogens with one attached hydrogen (secondary N) is 1. The highest BCUT2D eigenvalue weighted by Crippen LogP contribution is 2.21. The van der Waals surface area contributed by atoms with E-state index in [9.17, 15) is 0 Å². The lowest BCUT2D eigenvalue weighted by atomic mass is 9.96. The van der Waals surface area contributed by atoms with Crippen molar-refractivity contribution in [1.29, 1.82) is 0 Å². The van der Waals surface area contributed by atoms with E-state index < -0.39 is 0 Å². The molecule has 0 aromatic heterocycles. The Bertz CT molecular complexity index is 294. The predicted molar refractivity (Wildman–Crippen MR) is 77.2 cm³/mol. The molecule has 0 amide bonds. The smallest absolute Gasteiger partial charge is 0.0894 e. The summed E-state index contributed by atoms with van der Waals surface area (Å²) in [6.07, 6.45) is 5.63. The van der Waals surface area contributed by atoms with Crippen LogP contribution in [0.3, 0.4) is 0 Å². The van der Waals surface area contributed by atoms with E-state index >= 15 is 0 Å². The van der Waals surface area contributed by atoms with Crippen molar-refractivity contribution in [3.05, 3.63) is 11.8 Å². The normalized spacial score (nSPS) is 26.6. The first-order chi connectivity index (χ1) is 9.35. The van der Waals surface area contributed by atoms with E-state index in [2.05, 4.69) is 24.1 Å². The number of nitrogens with zero attached hydrogens (tertiary/aromatic N) is 1. The SMILES string of the molecule is CCCNC(C1=COCCC1)C1CN(CC)CCO1. The van der Waals surface area contributed by atoms with Gasteiger partial charge < -0.3 is 14.8 Å². The molecule has 0 spiro atoms. The van der Waals surface area contributed by atoms with Gasteiger partial charge in [0.15, 0.2) is 0 Å². The van der Waals surface area contributed by atoms with Crippen LogP contribution in [-0.4, -0.2) is 56.4 Å². The molecule has 0 aromatic rings. The molecule has 1 N–H and O–H groups in total. The van der Waals surface area contributed by atoms with Gasteiger partial charge in [-0.05, 0) is 37.9 Å². The van der Waals surface area contributed by atoms with Gasteiger partial charge in [0.2, 0.25) is 0 Å². The largest absolute Gasteiger partial charge is 0.501 e. The van der Waals surface area contributed by atoms with Gasteiger partial charge in [0.05, 0.1) is 31.6 Å². The summed E-state index contributed by atoms with van der Waals surface area (Å²) in [5.41, 5.74) is 1.38. The van der Waals surface area contributed by atoms with Crippen LogP contribution in [0.15, 0.2) is 11.8 Å². The highest BCUT2D eigenvalue weighted by molar-refractivity contribution is 5.13. The first-order valence-corrected chi connectivity index (χ1v) is 7.73. The molecule has 19 heavy (non-hydrogen) atoms. The summed E-state index contributed by atoms with van der Waals surface area (Å²) in [6.45, 7) is 10.4. The molecule has 2 unspecified atom stereocenters. The number of likely N-dealkylation sites (N-methyl/N-ethyl adjacent to an activating group) is 1. The number of hydrogen-bond donors (Lipinski definition) is 1. The summed E-state index contributed by atoms with van der Waals surface area (Å²) < 4.78 is 11.5. The van der Waals surface area contributed by atoms with Crippen LogP contribution in [0.1, 0.15) is 33.1 Å². The van der Waals surface area contributed by atoms with Crippen molar-refractivity contribution >= 4 is 0 Å². The molecule has 1 fully saturated rings. The minimum atomic E-state index is 0.258. The number of rotatable bonds is 6. The fourth-order valence-electron chi connectivity index (χ4n) is 2.83. The molecule has 2 heterocycles. The summed E-state index contributed by atoms with van der Waals surface area (Å²) >= 11 is 0. The molecule has 4 heteroatoms. The molecule has 2 aliphatic rings. The lowest BCUT2D eigenvalue weighted by Crippen LogP contribution is -2.53. The summed E-state index contributed by atoms with van der Waals surface area (Å²) in [5, 5.41) is 3.65. The van der Waals surface area contributed by atoms with Crippen LogP contribution in [0.2, 0.25) is 0 Å². The zero-order chi connectivity index (χ0) is 13.5. The van der Waals surface area contributed by atoms with Crippen LogP contribution in [0.4, 0.5) is 0 Å². The van der Waals surface area contributed by atoms with Gasteiger partial charge in [-0.2, -0.15) is 0 Å². The second-order valence-electron chi connectivity index (χ2n) is 5.40. The van der Waals surface area contributed by atoms with Crippen LogP contribution < -0.4 is 5.32 Å². The van der Waals surface area contributed by atoms with Gasteiger partial charge in [-0.1, -0.05) is 13.8 Å². The van der Waals surface area contributed by atoms with Crippen LogP contribution in [-0.2, 0) is 9.47 Å². The lowest BCUT2D eigenvalue weighted by molar-refractivity contribution is -0.0402. The maximum absolute atomic E-state index is 6.02. The third-order valence-corrected chi connectivity index (χ3v) is 3.97. The fourth-order valence-corrected chi connectivity index (χ4v) is 2.83. The van der Waals surface area contributed by atoms with Gasteiger partial charge in [0.1, 0.15) is 0 Å². The van der Waals surface area contributed by atoms with E-state index in [4.69, 9.17) is 9.47 Å². The Morgan fingerprint density at radius 1 is 1.42 bits per heavy atom. The molecular formula is C15H28N2O2. The summed E-state index contributed by atoms with van der Waals surface area (Å²) in [4.78, 5) is 2.47. The van der Waals surface area contributed by atoms with Gasteiger partial charge in [-0.3, -0.25) is 4.90 Å². The van der Waals surface area contributed by atoms with E-state index in [1.54, 1.807) is 0 Å². The highest BCUT2D eigenvalue weighted by atomic mass is 16.5. The van der Waals surface area contributed by atoms with Crippen molar-refractivity contribution in [1.82, 2.24) is 10.2 Å². The minimum Gasteiger partial charge on any atom is -0.501 e. The Labute approximate surface area is 117 Å². The topological polar surface area (TPSA) is 33.7 Å². The molecule has 0 aromatic carbocycles. The Kier molecular flexibility index (Phi) is 6.14. The summed E-state index contributed by atoms with van der Waals surface area (Å²) in [5.74, 6) is 0. The first kappa shape index (κ1) is 14.8. The van der Waals surface area contributed by atoms with Crippen LogP contribution in [0.5, 0.6) is 0 Å². The molecule has 2 rings (SSSR count). The monoisotopic (exact) mass is 268 g/mol. The maximum atomic E-state index is 6.02. The number of hydrogen-bond acceptors (Lipinski definition) is 4. The standard InChI is InChI=1S/C15H28N2O2/c1-3-7-16-15(13-6-5-9-18-12-13)14-11-17(4-2)8-10-19-14/h12,14-16H,3-11H2,1-2H3. The summed E-state index contributed by atoms with van der Waals surface area (Å²) in [7, 11) is 0. The van der Waals surface area contributed by atoms with Gasteiger partial charge in [-0.25, -0.2) is 0 Å². The van der Waals surface area contributed by atoms with Crippen molar-refractivity contribution in [2.45, 2.75) is 45.3 Å². The molecule has 1 saturated heterocycles. The maximum Gasteiger partial charge on any atom is 0.0894 e.